The molecule has 0 radical (unpaired) electrons. The van der Waals surface area contributed by atoms with E-state index < -0.39 is 0 Å². The summed E-state index contributed by atoms with van der Waals surface area (Å²) in [6.45, 7) is 3.23. The van der Waals surface area contributed by atoms with Crippen molar-refractivity contribution >= 4 is 11.6 Å². The topological polar surface area (TPSA) is 72.1 Å². The molecule has 1 saturated heterocycles. The molecule has 0 spiro atoms. The lowest BCUT2D eigenvalue weighted by Gasteiger charge is -2.36. The zero-order valence-corrected chi connectivity index (χ0v) is 18.1. The van der Waals surface area contributed by atoms with Crippen LogP contribution in [0.3, 0.4) is 0 Å². The summed E-state index contributed by atoms with van der Waals surface area (Å²) in [6, 6.07) is 8.59. The lowest BCUT2D eigenvalue weighted by molar-refractivity contribution is 0.427. The van der Waals surface area contributed by atoms with E-state index in [1.807, 2.05) is 11.1 Å². The second-order valence-corrected chi connectivity index (χ2v) is 8.62. The minimum Gasteiger partial charge on any atom is -0.368 e. The van der Waals surface area contributed by atoms with Gasteiger partial charge in [0.2, 0.25) is 5.95 Å². The molecule has 32 heavy (non-hydrogen) atoms. The van der Waals surface area contributed by atoms with Crippen LogP contribution < -0.4 is 15.5 Å². The highest BCUT2D eigenvalue weighted by Crippen LogP contribution is 2.31. The zero-order valence-electron chi connectivity index (χ0n) is 18.1. The van der Waals surface area contributed by atoms with E-state index in [0.29, 0.717) is 31.6 Å². The molecule has 1 saturated carbocycles. The second-order valence-electron chi connectivity index (χ2n) is 8.62. The predicted octanol–water partition coefficient (Wildman–Crippen LogP) is 2.85. The predicted molar refractivity (Wildman–Crippen MR) is 121 cm³/mol. The first-order chi connectivity index (χ1) is 15.7. The normalized spacial score (nSPS) is 17.7. The van der Waals surface area contributed by atoms with E-state index >= 15 is 0 Å². The number of benzene rings is 1. The van der Waals surface area contributed by atoms with Crippen molar-refractivity contribution in [1.29, 1.82) is 0 Å². The fraction of sp³-hybridized carbons (Fsp3) is 0.478. The molecule has 1 aliphatic carbocycles. The Bertz CT molecular complexity index is 1100. The molecule has 3 heterocycles. The summed E-state index contributed by atoms with van der Waals surface area (Å²) < 4.78 is 16.4. The Hall–Kier alpha value is -3.23. The summed E-state index contributed by atoms with van der Waals surface area (Å²) in [5, 5.41) is 4.69. The van der Waals surface area contributed by atoms with Crippen molar-refractivity contribution in [2.24, 2.45) is 0 Å². The number of hydrogen-bond donors (Lipinski definition) is 0. The van der Waals surface area contributed by atoms with Crippen LogP contribution in [0, 0.1) is 5.82 Å². The smallest absolute Gasteiger partial charge is 0.353 e. The Morgan fingerprint density at radius 3 is 2.38 bits per heavy atom. The number of aromatic nitrogens is 5. The van der Waals surface area contributed by atoms with Crippen molar-refractivity contribution in [2.45, 2.75) is 44.7 Å². The minimum atomic E-state index is -0.328. The summed E-state index contributed by atoms with van der Waals surface area (Å²) in [5.41, 5.74) is 1.79. The monoisotopic (exact) mass is 437 g/mol. The van der Waals surface area contributed by atoms with Gasteiger partial charge in [-0.25, -0.2) is 14.2 Å². The number of nitrogens with zero attached hydrogens (tertiary/aromatic N) is 7. The summed E-state index contributed by atoms with van der Waals surface area (Å²) in [6.07, 6.45) is 9.73. The van der Waals surface area contributed by atoms with E-state index in [-0.39, 0.29) is 11.5 Å². The molecule has 0 unspecified atom stereocenters. The SMILES string of the molecule is O=c1nc(N2CCN(c3ccc(F)cc3)CC2)ncn1Cn1ccc(C2CCCCC2)n1. The van der Waals surface area contributed by atoms with Crippen LogP contribution in [-0.4, -0.2) is 50.5 Å². The van der Waals surface area contributed by atoms with Crippen LogP contribution in [0.5, 0.6) is 0 Å². The highest BCUT2D eigenvalue weighted by atomic mass is 19.1. The van der Waals surface area contributed by atoms with Crippen LogP contribution in [0.2, 0.25) is 0 Å². The minimum absolute atomic E-state index is 0.235. The molecule has 2 aromatic heterocycles. The third-order valence-electron chi connectivity index (χ3n) is 6.49. The molecular weight excluding hydrogens is 409 g/mol. The fourth-order valence-corrected chi connectivity index (χ4v) is 4.64. The van der Waals surface area contributed by atoms with Gasteiger partial charge in [0.05, 0.1) is 5.69 Å². The average Bonchev–Trinajstić information content (AvgIpc) is 3.30. The molecule has 168 valence electrons. The van der Waals surface area contributed by atoms with Crippen molar-refractivity contribution < 1.29 is 4.39 Å². The molecule has 0 atom stereocenters. The maximum atomic E-state index is 13.2. The maximum absolute atomic E-state index is 13.2. The molecule has 2 fully saturated rings. The van der Waals surface area contributed by atoms with Gasteiger partial charge in [-0.2, -0.15) is 10.1 Å². The summed E-state index contributed by atoms with van der Waals surface area (Å²) in [7, 11) is 0. The largest absolute Gasteiger partial charge is 0.368 e. The van der Waals surface area contributed by atoms with Gasteiger partial charge in [-0.3, -0.25) is 9.25 Å². The molecule has 0 amide bonds. The Morgan fingerprint density at radius 1 is 0.938 bits per heavy atom. The fourth-order valence-electron chi connectivity index (χ4n) is 4.64. The van der Waals surface area contributed by atoms with Gasteiger partial charge in [0, 0.05) is 44.0 Å². The first kappa shape index (κ1) is 20.7. The number of halogens is 1. The van der Waals surface area contributed by atoms with Crippen molar-refractivity contribution in [1.82, 2.24) is 24.3 Å². The first-order valence-corrected chi connectivity index (χ1v) is 11.4. The Balaban J connectivity index is 1.21. The van der Waals surface area contributed by atoms with Gasteiger partial charge < -0.3 is 9.80 Å². The van der Waals surface area contributed by atoms with Gasteiger partial charge >= 0.3 is 5.69 Å². The molecule has 5 rings (SSSR count). The van der Waals surface area contributed by atoms with Crippen molar-refractivity contribution in [2.75, 3.05) is 36.0 Å². The van der Waals surface area contributed by atoms with Gasteiger partial charge in [-0.05, 0) is 43.2 Å². The lowest BCUT2D eigenvalue weighted by Crippen LogP contribution is -2.47. The van der Waals surface area contributed by atoms with E-state index in [4.69, 9.17) is 0 Å². The van der Waals surface area contributed by atoms with Gasteiger partial charge in [0.15, 0.2) is 0 Å². The third-order valence-corrected chi connectivity index (χ3v) is 6.49. The summed E-state index contributed by atoms with van der Waals surface area (Å²) >= 11 is 0. The quantitative estimate of drug-likeness (QED) is 0.611. The van der Waals surface area contributed by atoms with Crippen LogP contribution in [0.1, 0.15) is 43.7 Å². The number of rotatable bonds is 5. The van der Waals surface area contributed by atoms with Crippen LogP contribution in [0.4, 0.5) is 16.0 Å². The molecule has 2 aliphatic rings. The molecule has 0 N–H and O–H groups in total. The van der Waals surface area contributed by atoms with Gasteiger partial charge in [-0.15, -0.1) is 0 Å². The Morgan fingerprint density at radius 2 is 1.66 bits per heavy atom. The van der Waals surface area contributed by atoms with E-state index in [1.165, 1.54) is 48.8 Å². The van der Waals surface area contributed by atoms with E-state index in [0.717, 1.165) is 24.5 Å². The Labute approximate surface area is 186 Å². The second kappa shape index (κ2) is 9.10. The molecule has 9 heteroatoms. The van der Waals surface area contributed by atoms with Crippen molar-refractivity contribution in [3.05, 3.63) is 64.9 Å². The summed E-state index contributed by atoms with van der Waals surface area (Å²) in [5.74, 6) is 0.754. The van der Waals surface area contributed by atoms with Crippen LogP contribution >= 0.6 is 0 Å². The van der Waals surface area contributed by atoms with E-state index in [2.05, 4.69) is 26.0 Å². The van der Waals surface area contributed by atoms with Gasteiger partial charge in [0.1, 0.15) is 18.8 Å². The maximum Gasteiger partial charge on any atom is 0.353 e. The molecule has 1 aromatic carbocycles. The van der Waals surface area contributed by atoms with Crippen LogP contribution in [-0.2, 0) is 6.67 Å². The lowest BCUT2D eigenvalue weighted by atomic mass is 9.87. The highest BCUT2D eigenvalue weighted by molar-refractivity contribution is 5.48. The molecular formula is C23H28FN7O. The molecule has 3 aromatic rings. The summed E-state index contributed by atoms with van der Waals surface area (Å²) in [4.78, 5) is 25.5. The van der Waals surface area contributed by atoms with Gasteiger partial charge in [0.25, 0.3) is 0 Å². The van der Waals surface area contributed by atoms with Crippen molar-refractivity contribution in [3.63, 3.8) is 0 Å². The highest BCUT2D eigenvalue weighted by Gasteiger charge is 2.21. The molecule has 0 bridgehead atoms. The molecule has 1 aliphatic heterocycles. The van der Waals surface area contributed by atoms with Crippen molar-refractivity contribution in [3.8, 4) is 0 Å². The molecule has 8 nitrogen and oxygen atoms in total. The number of anilines is 2. The zero-order chi connectivity index (χ0) is 21.9. The Kier molecular flexibility index (Phi) is 5.87. The van der Waals surface area contributed by atoms with Crippen LogP contribution in [0.15, 0.2) is 47.7 Å². The van der Waals surface area contributed by atoms with E-state index in [1.54, 1.807) is 23.1 Å². The average molecular weight is 438 g/mol. The first-order valence-electron chi connectivity index (χ1n) is 11.4. The van der Waals surface area contributed by atoms with Crippen LogP contribution in [0.25, 0.3) is 0 Å². The van der Waals surface area contributed by atoms with E-state index in [9.17, 15) is 9.18 Å². The standard InChI is InChI=1S/C23H28FN7O/c24-19-6-8-20(9-7-19)28-12-14-29(15-13-28)22-25-16-30(23(32)26-22)17-31-11-10-21(27-31)18-4-2-1-3-5-18/h6-11,16,18H,1-5,12-15,17H2. The number of piperazine rings is 1. The van der Waals surface area contributed by atoms with Gasteiger partial charge in [-0.1, -0.05) is 19.3 Å². The number of hydrogen-bond acceptors (Lipinski definition) is 6. The third kappa shape index (κ3) is 4.51.